The number of fused-ring (bicyclic) bond motifs is 1. The van der Waals surface area contributed by atoms with E-state index in [9.17, 15) is 4.79 Å². The van der Waals surface area contributed by atoms with Crippen LogP contribution in [0.4, 0.5) is 0 Å². The number of carbonyl (C=O) groups is 1. The van der Waals surface area contributed by atoms with E-state index < -0.39 is 0 Å². The van der Waals surface area contributed by atoms with Crippen LogP contribution in [-0.4, -0.2) is 17.1 Å². The van der Waals surface area contributed by atoms with Gasteiger partial charge in [0.1, 0.15) is 0 Å². The third-order valence-corrected chi connectivity index (χ3v) is 4.77. The van der Waals surface area contributed by atoms with E-state index in [-0.39, 0.29) is 5.91 Å². The largest absolute Gasteiger partial charge is 0.281 e. The van der Waals surface area contributed by atoms with Crippen molar-refractivity contribution in [2.75, 3.05) is 0 Å². The standard InChI is InChI=1S/C16H17N3OS/c20-16(19-18-11-12-5-4-8-17-10-12)15-9-13-6-2-1-3-7-14(13)21-15/h4-5,8-11H,1-3,6-7H2,(H,19,20)/b18-11-. The van der Waals surface area contributed by atoms with Gasteiger partial charge >= 0.3 is 0 Å². The lowest BCUT2D eigenvalue weighted by Gasteiger charge is -1.96. The van der Waals surface area contributed by atoms with Crippen LogP contribution in [0, 0.1) is 0 Å². The molecule has 1 amide bonds. The first-order chi connectivity index (χ1) is 10.3. The summed E-state index contributed by atoms with van der Waals surface area (Å²) >= 11 is 1.60. The summed E-state index contributed by atoms with van der Waals surface area (Å²) in [5.74, 6) is -0.131. The van der Waals surface area contributed by atoms with Gasteiger partial charge in [-0.1, -0.05) is 12.5 Å². The number of nitrogens with zero attached hydrogens (tertiary/aromatic N) is 2. The minimum Gasteiger partial charge on any atom is -0.266 e. The van der Waals surface area contributed by atoms with Crippen molar-refractivity contribution in [1.29, 1.82) is 0 Å². The maximum atomic E-state index is 12.1. The Bertz CT molecular complexity index is 625. The van der Waals surface area contributed by atoms with Gasteiger partial charge in [0.2, 0.25) is 0 Å². The number of thiophene rings is 1. The number of hydrazone groups is 1. The summed E-state index contributed by atoms with van der Waals surface area (Å²) in [4.78, 5) is 18.2. The Morgan fingerprint density at radius 2 is 2.24 bits per heavy atom. The SMILES string of the molecule is O=C(N/N=C\c1cccnc1)c1cc2c(s1)CCCCC2. The second kappa shape index (κ2) is 6.63. The first-order valence-electron chi connectivity index (χ1n) is 7.18. The number of hydrogen-bond donors (Lipinski definition) is 1. The topological polar surface area (TPSA) is 54.4 Å². The van der Waals surface area contributed by atoms with Crippen molar-refractivity contribution in [2.24, 2.45) is 5.10 Å². The van der Waals surface area contributed by atoms with Crippen LogP contribution in [0.25, 0.3) is 0 Å². The third kappa shape index (κ3) is 3.55. The fraction of sp³-hybridized carbons (Fsp3) is 0.312. The highest BCUT2D eigenvalue weighted by Gasteiger charge is 2.15. The Morgan fingerprint density at radius 3 is 3.10 bits per heavy atom. The van der Waals surface area contributed by atoms with E-state index >= 15 is 0 Å². The summed E-state index contributed by atoms with van der Waals surface area (Å²) in [6, 6.07) is 5.75. The molecule has 2 aromatic rings. The Labute approximate surface area is 127 Å². The molecular weight excluding hydrogens is 282 g/mol. The summed E-state index contributed by atoms with van der Waals surface area (Å²) in [5, 5.41) is 3.98. The van der Waals surface area contributed by atoms with Crippen molar-refractivity contribution in [1.82, 2.24) is 10.4 Å². The van der Waals surface area contributed by atoms with Crippen LogP contribution < -0.4 is 5.43 Å². The van der Waals surface area contributed by atoms with Crippen molar-refractivity contribution in [3.05, 3.63) is 51.5 Å². The van der Waals surface area contributed by atoms with E-state index in [1.807, 2.05) is 18.2 Å². The van der Waals surface area contributed by atoms with Gasteiger partial charge in [-0.15, -0.1) is 11.3 Å². The number of carbonyl (C=O) groups excluding carboxylic acids is 1. The molecule has 0 fully saturated rings. The Kier molecular flexibility index (Phi) is 4.40. The Morgan fingerprint density at radius 1 is 1.33 bits per heavy atom. The highest BCUT2D eigenvalue weighted by atomic mass is 32.1. The number of aryl methyl sites for hydroxylation is 2. The highest BCUT2D eigenvalue weighted by molar-refractivity contribution is 7.14. The Hall–Kier alpha value is -2.01. The zero-order valence-corrected chi connectivity index (χ0v) is 12.5. The molecule has 0 unspecified atom stereocenters. The zero-order chi connectivity index (χ0) is 14.5. The maximum Gasteiger partial charge on any atom is 0.281 e. The molecule has 0 radical (unpaired) electrons. The van der Waals surface area contributed by atoms with Crippen molar-refractivity contribution in [2.45, 2.75) is 32.1 Å². The quantitative estimate of drug-likeness (QED) is 0.537. The van der Waals surface area contributed by atoms with Crippen LogP contribution in [-0.2, 0) is 12.8 Å². The van der Waals surface area contributed by atoms with Gasteiger partial charge in [0.25, 0.3) is 5.91 Å². The Balaban J connectivity index is 1.64. The fourth-order valence-corrected chi connectivity index (χ4v) is 3.60. The second-order valence-electron chi connectivity index (χ2n) is 5.11. The fourth-order valence-electron chi connectivity index (χ4n) is 2.45. The first kappa shape index (κ1) is 13.9. The van der Waals surface area contributed by atoms with E-state index in [2.05, 4.69) is 15.5 Å². The predicted molar refractivity (Wildman–Crippen MR) is 84.9 cm³/mol. The van der Waals surface area contributed by atoms with E-state index in [0.29, 0.717) is 0 Å². The van der Waals surface area contributed by atoms with Gasteiger partial charge in [0.15, 0.2) is 0 Å². The molecular formula is C16H17N3OS. The molecule has 0 spiro atoms. The van der Waals surface area contributed by atoms with Gasteiger partial charge in [-0.2, -0.15) is 5.10 Å². The average Bonchev–Trinajstić information content (AvgIpc) is 2.79. The molecule has 0 saturated heterocycles. The summed E-state index contributed by atoms with van der Waals surface area (Å²) < 4.78 is 0. The lowest BCUT2D eigenvalue weighted by molar-refractivity contribution is 0.0959. The monoisotopic (exact) mass is 299 g/mol. The van der Waals surface area contributed by atoms with E-state index in [0.717, 1.165) is 23.3 Å². The summed E-state index contributed by atoms with van der Waals surface area (Å²) in [6.45, 7) is 0. The van der Waals surface area contributed by atoms with Crippen LogP contribution in [0.2, 0.25) is 0 Å². The van der Waals surface area contributed by atoms with Crippen LogP contribution >= 0.6 is 11.3 Å². The van der Waals surface area contributed by atoms with Crippen LogP contribution in [0.5, 0.6) is 0 Å². The molecule has 3 rings (SSSR count). The first-order valence-corrected chi connectivity index (χ1v) is 7.99. The number of aromatic nitrogens is 1. The molecule has 1 N–H and O–H groups in total. The van der Waals surface area contributed by atoms with E-state index in [4.69, 9.17) is 0 Å². The molecule has 0 aromatic carbocycles. The number of amides is 1. The van der Waals surface area contributed by atoms with Gasteiger partial charge in [0, 0.05) is 22.8 Å². The molecule has 108 valence electrons. The van der Waals surface area contributed by atoms with Gasteiger partial charge in [-0.25, -0.2) is 5.43 Å². The van der Waals surface area contributed by atoms with Crippen LogP contribution in [0.15, 0.2) is 35.7 Å². The average molecular weight is 299 g/mol. The minimum atomic E-state index is -0.131. The van der Waals surface area contributed by atoms with Crippen molar-refractivity contribution < 1.29 is 4.79 Å². The number of rotatable bonds is 3. The molecule has 0 saturated carbocycles. The number of nitrogens with one attached hydrogen (secondary N) is 1. The van der Waals surface area contributed by atoms with Gasteiger partial charge in [0.05, 0.1) is 11.1 Å². The van der Waals surface area contributed by atoms with Gasteiger partial charge in [-0.05, 0) is 43.4 Å². The summed E-state index contributed by atoms with van der Waals surface area (Å²) in [5.41, 5.74) is 4.79. The highest BCUT2D eigenvalue weighted by Crippen LogP contribution is 2.28. The smallest absolute Gasteiger partial charge is 0.266 e. The van der Waals surface area contributed by atoms with E-state index in [1.54, 1.807) is 29.9 Å². The van der Waals surface area contributed by atoms with Gasteiger partial charge in [-0.3, -0.25) is 9.78 Å². The molecule has 4 nitrogen and oxygen atoms in total. The van der Waals surface area contributed by atoms with E-state index in [1.165, 1.54) is 29.7 Å². The van der Waals surface area contributed by atoms with Crippen molar-refractivity contribution >= 4 is 23.5 Å². The molecule has 2 aromatic heterocycles. The molecule has 1 aliphatic rings. The number of hydrogen-bond acceptors (Lipinski definition) is 4. The summed E-state index contributed by atoms with van der Waals surface area (Å²) in [7, 11) is 0. The lowest BCUT2D eigenvalue weighted by Crippen LogP contribution is -2.16. The zero-order valence-electron chi connectivity index (χ0n) is 11.7. The molecule has 0 bridgehead atoms. The van der Waals surface area contributed by atoms with Gasteiger partial charge < -0.3 is 0 Å². The predicted octanol–water partition coefficient (Wildman–Crippen LogP) is 3.18. The molecule has 1 aliphatic carbocycles. The molecule has 0 atom stereocenters. The molecule has 0 aliphatic heterocycles. The van der Waals surface area contributed by atoms with Crippen LogP contribution in [0.3, 0.4) is 0 Å². The van der Waals surface area contributed by atoms with Crippen molar-refractivity contribution in [3.8, 4) is 0 Å². The number of pyridine rings is 1. The molecule has 2 heterocycles. The normalized spacial score (nSPS) is 14.7. The lowest BCUT2D eigenvalue weighted by atomic mass is 10.1. The molecule has 5 heteroatoms. The maximum absolute atomic E-state index is 12.1. The second-order valence-corrected chi connectivity index (χ2v) is 6.24. The minimum absolute atomic E-state index is 0.131. The van der Waals surface area contributed by atoms with Crippen LogP contribution in [0.1, 0.15) is 44.9 Å². The van der Waals surface area contributed by atoms with Crippen molar-refractivity contribution in [3.63, 3.8) is 0 Å². The summed E-state index contributed by atoms with van der Waals surface area (Å²) in [6.07, 6.45) is 10.9. The molecule has 21 heavy (non-hydrogen) atoms. The third-order valence-electron chi connectivity index (χ3n) is 3.53.